The van der Waals surface area contributed by atoms with Gasteiger partial charge in [0.1, 0.15) is 0 Å². The minimum atomic E-state index is -1.02. The molecule has 0 aromatic heterocycles. The lowest BCUT2D eigenvalue weighted by atomic mass is 10.0. The van der Waals surface area contributed by atoms with E-state index < -0.39 is 17.1 Å². The van der Waals surface area contributed by atoms with Crippen LogP contribution in [0, 0.1) is 10.1 Å². The molecule has 0 aliphatic heterocycles. The molecule has 4 N–H and O–H groups in total. The van der Waals surface area contributed by atoms with Crippen LogP contribution in [-0.4, -0.2) is 27.8 Å². The third-order valence-electron chi connectivity index (χ3n) is 2.06. The van der Waals surface area contributed by atoms with Crippen molar-refractivity contribution in [3.63, 3.8) is 0 Å². The van der Waals surface area contributed by atoms with Gasteiger partial charge in [-0.25, -0.2) is 0 Å². The Bertz CT molecular complexity index is 338. The molecule has 0 spiro atoms. The van der Waals surface area contributed by atoms with Crippen LogP contribution >= 0.6 is 0 Å². The Hall–Kier alpha value is -1.50. The zero-order valence-electron chi connectivity index (χ0n) is 7.91. The highest BCUT2D eigenvalue weighted by molar-refractivity contribution is 5.34. The van der Waals surface area contributed by atoms with Crippen molar-refractivity contribution in [1.29, 1.82) is 0 Å². The molecule has 1 aromatic rings. The van der Waals surface area contributed by atoms with Crippen LogP contribution in [0.15, 0.2) is 24.3 Å². The molecule has 15 heavy (non-hydrogen) atoms. The molecule has 0 heterocycles. The molecule has 0 fully saturated rings. The van der Waals surface area contributed by atoms with Gasteiger partial charge in [0.05, 0.1) is 23.7 Å². The van der Waals surface area contributed by atoms with Gasteiger partial charge in [0.15, 0.2) is 0 Å². The van der Waals surface area contributed by atoms with Crippen molar-refractivity contribution in [3.05, 3.63) is 39.9 Å². The highest BCUT2D eigenvalue weighted by atomic mass is 16.6. The summed E-state index contributed by atoms with van der Waals surface area (Å²) in [6.45, 7) is -0.349. The second kappa shape index (κ2) is 4.83. The summed E-state index contributed by atoms with van der Waals surface area (Å²) < 4.78 is 0. The highest BCUT2D eigenvalue weighted by Gasteiger charge is 2.16. The van der Waals surface area contributed by atoms with E-state index in [1.54, 1.807) is 0 Å². The third kappa shape index (κ3) is 2.72. The van der Waals surface area contributed by atoms with Crippen molar-refractivity contribution in [2.45, 2.75) is 12.1 Å². The van der Waals surface area contributed by atoms with E-state index in [0.29, 0.717) is 5.56 Å². The summed E-state index contributed by atoms with van der Waals surface area (Å²) in [6.07, 6.45) is -1.02. The smallest absolute Gasteiger partial charge is 0.269 e. The van der Waals surface area contributed by atoms with Crippen LogP contribution < -0.4 is 5.73 Å². The van der Waals surface area contributed by atoms with Crippen LogP contribution in [0.25, 0.3) is 0 Å². The minimum Gasteiger partial charge on any atom is -0.395 e. The number of nitro benzene ring substituents is 1. The Balaban J connectivity index is 2.84. The van der Waals surface area contributed by atoms with Crippen LogP contribution in [0.5, 0.6) is 0 Å². The molecule has 0 aliphatic rings. The molecular formula is C9H12N2O4. The van der Waals surface area contributed by atoms with Gasteiger partial charge in [-0.1, -0.05) is 0 Å². The summed E-state index contributed by atoms with van der Waals surface area (Å²) in [5.41, 5.74) is 5.81. The molecule has 6 heteroatoms. The summed E-state index contributed by atoms with van der Waals surface area (Å²) in [6, 6.07) is 4.61. The number of nitrogens with two attached hydrogens (primary N) is 1. The van der Waals surface area contributed by atoms with Crippen LogP contribution in [0.4, 0.5) is 5.69 Å². The Morgan fingerprint density at radius 2 is 1.93 bits per heavy atom. The largest absolute Gasteiger partial charge is 0.395 e. The standard InChI is InChI=1S/C9H12N2O4/c10-8(5-12)9(13)6-1-3-7(4-2-6)11(14)15/h1-4,8-9,12-13H,5,10H2/t8-,9-/m0/s1. The zero-order valence-corrected chi connectivity index (χ0v) is 7.91. The van der Waals surface area contributed by atoms with E-state index in [-0.39, 0.29) is 12.3 Å². The lowest BCUT2D eigenvalue weighted by molar-refractivity contribution is -0.384. The van der Waals surface area contributed by atoms with Crippen LogP contribution in [0.3, 0.4) is 0 Å². The fraction of sp³-hybridized carbons (Fsp3) is 0.333. The maximum absolute atomic E-state index is 10.4. The number of hydrogen-bond donors (Lipinski definition) is 3. The molecule has 0 radical (unpaired) electrons. The van der Waals surface area contributed by atoms with E-state index in [9.17, 15) is 15.2 Å². The first-order valence-electron chi connectivity index (χ1n) is 4.35. The summed E-state index contributed by atoms with van der Waals surface area (Å²) in [4.78, 5) is 9.82. The second-order valence-corrected chi connectivity index (χ2v) is 3.14. The molecule has 0 saturated heterocycles. The van der Waals surface area contributed by atoms with Gasteiger partial charge >= 0.3 is 0 Å². The Kier molecular flexibility index (Phi) is 3.73. The number of nitrogens with zero attached hydrogens (tertiary/aromatic N) is 1. The first-order chi connectivity index (χ1) is 7.06. The van der Waals surface area contributed by atoms with Crippen molar-refractivity contribution in [2.24, 2.45) is 5.73 Å². The lowest BCUT2D eigenvalue weighted by Crippen LogP contribution is -2.31. The van der Waals surface area contributed by atoms with Gasteiger partial charge in [-0.3, -0.25) is 10.1 Å². The van der Waals surface area contributed by atoms with E-state index in [1.807, 2.05) is 0 Å². The quantitative estimate of drug-likeness (QED) is 0.478. The first-order valence-corrected chi connectivity index (χ1v) is 4.35. The molecule has 6 nitrogen and oxygen atoms in total. The number of benzene rings is 1. The summed E-state index contributed by atoms with van der Waals surface area (Å²) in [7, 11) is 0. The van der Waals surface area contributed by atoms with Crippen LogP contribution in [0.1, 0.15) is 11.7 Å². The zero-order chi connectivity index (χ0) is 11.4. The number of non-ortho nitro benzene ring substituents is 1. The summed E-state index contributed by atoms with van der Waals surface area (Å²) in [5.74, 6) is 0. The van der Waals surface area contributed by atoms with Gasteiger partial charge < -0.3 is 15.9 Å². The van der Waals surface area contributed by atoms with Crippen molar-refractivity contribution in [1.82, 2.24) is 0 Å². The van der Waals surface area contributed by atoms with Crippen molar-refractivity contribution >= 4 is 5.69 Å². The number of aliphatic hydroxyl groups is 2. The fourth-order valence-electron chi connectivity index (χ4n) is 1.14. The molecule has 0 saturated carbocycles. The number of aliphatic hydroxyl groups excluding tert-OH is 2. The molecule has 82 valence electrons. The maximum Gasteiger partial charge on any atom is 0.269 e. The SMILES string of the molecule is N[C@@H](CO)[C@@H](O)c1ccc([N+](=O)[O-])cc1. The molecular weight excluding hydrogens is 200 g/mol. The number of rotatable bonds is 4. The fourth-order valence-corrected chi connectivity index (χ4v) is 1.14. The molecule has 1 aromatic carbocycles. The van der Waals surface area contributed by atoms with Gasteiger partial charge in [-0.2, -0.15) is 0 Å². The van der Waals surface area contributed by atoms with Gasteiger partial charge in [0, 0.05) is 12.1 Å². The third-order valence-corrected chi connectivity index (χ3v) is 2.06. The summed E-state index contributed by atoms with van der Waals surface area (Å²) >= 11 is 0. The molecule has 0 aliphatic carbocycles. The van der Waals surface area contributed by atoms with Gasteiger partial charge in [0.25, 0.3) is 5.69 Å². The van der Waals surface area contributed by atoms with E-state index in [2.05, 4.69) is 0 Å². The average molecular weight is 212 g/mol. The summed E-state index contributed by atoms with van der Waals surface area (Å²) in [5, 5.41) is 28.6. The topological polar surface area (TPSA) is 110 Å². The normalized spacial score (nSPS) is 14.6. The Labute approximate surface area is 86.1 Å². The van der Waals surface area contributed by atoms with Crippen LogP contribution in [0.2, 0.25) is 0 Å². The lowest BCUT2D eigenvalue weighted by Gasteiger charge is -2.16. The average Bonchev–Trinajstić information content (AvgIpc) is 2.27. The van der Waals surface area contributed by atoms with E-state index in [4.69, 9.17) is 10.8 Å². The minimum absolute atomic E-state index is 0.0523. The predicted octanol–water partition coefficient (Wildman–Crippen LogP) is -0.0522. The molecule has 2 atom stereocenters. The molecule has 0 unspecified atom stereocenters. The maximum atomic E-state index is 10.4. The Morgan fingerprint density at radius 1 is 1.40 bits per heavy atom. The van der Waals surface area contributed by atoms with E-state index in [1.165, 1.54) is 24.3 Å². The highest BCUT2D eigenvalue weighted by Crippen LogP contribution is 2.19. The predicted molar refractivity (Wildman–Crippen MR) is 53.1 cm³/mol. The monoisotopic (exact) mass is 212 g/mol. The van der Waals surface area contributed by atoms with Crippen molar-refractivity contribution < 1.29 is 15.1 Å². The molecule has 0 amide bonds. The molecule has 0 bridgehead atoms. The van der Waals surface area contributed by atoms with E-state index >= 15 is 0 Å². The first kappa shape index (κ1) is 11.6. The van der Waals surface area contributed by atoms with Crippen molar-refractivity contribution in [3.8, 4) is 0 Å². The molecule has 1 rings (SSSR count). The Morgan fingerprint density at radius 3 is 2.33 bits per heavy atom. The van der Waals surface area contributed by atoms with Crippen LogP contribution in [-0.2, 0) is 0 Å². The van der Waals surface area contributed by atoms with Gasteiger partial charge in [0.2, 0.25) is 0 Å². The van der Waals surface area contributed by atoms with Gasteiger partial charge in [-0.15, -0.1) is 0 Å². The van der Waals surface area contributed by atoms with Gasteiger partial charge in [-0.05, 0) is 17.7 Å². The number of nitro groups is 1. The second-order valence-electron chi connectivity index (χ2n) is 3.14. The number of hydrogen-bond acceptors (Lipinski definition) is 5. The van der Waals surface area contributed by atoms with E-state index in [0.717, 1.165) is 0 Å². The van der Waals surface area contributed by atoms with Crippen molar-refractivity contribution in [2.75, 3.05) is 6.61 Å².